The molecule has 1 amide bonds. The number of rotatable bonds is 5. The molecule has 0 heterocycles. The predicted octanol–water partition coefficient (Wildman–Crippen LogP) is -0.340. The lowest BCUT2D eigenvalue weighted by Crippen LogP contribution is -2.22. The van der Waals surface area contributed by atoms with Crippen molar-refractivity contribution in [3.63, 3.8) is 0 Å². The van der Waals surface area contributed by atoms with Crippen LogP contribution in [0.1, 0.15) is 0 Å². The molecule has 0 aliphatic heterocycles. The number of amides is 1. The highest BCUT2D eigenvalue weighted by atomic mass is 35.5. The number of anilines is 1. The molecular weight excluding hydrogens is 402 g/mol. The average Bonchev–Trinajstić information content (AvgIpc) is 2.21. The second kappa shape index (κ2) is 6.31. The fraction of sp³-hybridized carbons (Fsp3) is 0.125. The molecular formula is C8H8ClNO10S3. The maximum absolute atomic E-state index is 11.3. The Morgan fingerprint density at radius 2 is 1.52 bits per heavy atom. The van der Waals surface area contributed by atoms with Crippen LogP contribution in [0.15, 0.2) is 21.9 Å². The minimum absolute atomic E-state index is 0.423. The number of hydrogen-bond donors (Lipinski definition) is 4. The van der Waals surface area contributed by atoms with Crippen molar-refractivity contribution in [3.8, 4) is 0 Å². The zero-order chi connectivity index (χ0) is 18.2. The Hall–Kier alpha value is -1.29. The van der Waals surface area contributed by atoms with Gasteiger partial charge in [-0.3, -0.25) is 18.5 Å². The summed E-state index contributed by atoms with van der Waals surface area (Å²) in [4.78, 5) is 8.65. The quantitative estimate of drug-likeness (QED) is 0.467. The summed E-state index contributed by atoms with van der Waals surface area (Å²) >= 11 is 5.51. The van der Waals surface area contributed by atoms with Gasteiger partial charge in [0.25, 0.3) is 30.4 Å². The summed E-state index contributed by atoms with van der Waals surface area (Å²) < 4.78 is 92.2. The molecule has 0 radical (unpaired) electrons. The number of nitrogens with one attached hydrogen (secondary N) is 1. The lowest BCUT2D eigenvalue weighted by atomic mass is 10.3. The van der Waals surface area contributed by atoms with Gasteiger partial charge in [-0.05, 0) is 12.1 Å². The van der Waals surface area contributed by atoms with E-state index in [4.69, 9.17) is 25.3 Å². The van der Waals surface area contributed by atoms with Crippen molar-refractivity contribution in [2.24, 2.45) is 0 Å². The van der Waals surface area contributed by atoms with Gasteiger partial charge in [-0.1, -0.05) is 11.6 Å². The lowest BCUT2D eigenvalue weighted by Gasteiger charge is -2.10. The first kappa shape index (κ1) is 19.8. The summed E-state index contributed by atoms with van der Waals surface area (Å²) in [5.41, 5.74) is -0.510. The molecule has 0 unspecified atom stereocenters. The first-order valence-electron chi connectivity index (χ1n) is 5.15. The molecule has 130 valence electrons. The Kier molecular flexibility index (Phi) is 5.42. The first-order valence-corrected chi connectivity index (χ1v) is 10.0. The number of halogens is 1. The SMILES string of the molecule is O=C(CS(=O)(=O)O)Nc1cc(Cl)c(S(=O)(=O)O)c(S(=O)(=O)O)c1. The monoisotopic (exact) mass is 409 g/mol. The van der Waals surface area contributed by atoms with Crippen LogP contribution in [0.5, 0.6) is 0 Å². The smallest absolute Gasteiger partial charge is 0.297 e. The molecule has 1 rings (SSSR count). The van der Waals surface area contributed by atoms with Gasteiger partial charge >= 0.3 is 0 Å². The van der Waals surface area contributed by atoms with E-state index in [1.807, 2.05) is 5.32 Å². The van der Waals surface area contributed by atoms with Crippen LogP contribution in [0.2, 0.25) is 5.02 Å². The van der Waals surface area contributed by atoms with E-state index in [0.29, 0.717) is 12.1 Å². The van der Waals surface area contributed by atoms with Crippen molar-refractivity contribution in [3.05, 3.63) is 17.2 Å². The molecule has 0 saturated carbocycles. The minimum Gasteiger partial charge on any atom is -0.325 e. The highest BCUT2D eigenvalue weighted by molar-refractivity contribution is 7.89. The standard InChI is InChI=1S/C8H8ClNO10S3/c9-5-1-4(10-7(11)3-21(12,13)14)2-6(22(15,16)17)8(5)23(18,19)20/h1-2H,3H2,(H,10,11)(H,12,13,14)(H,15,16,17)(H,18,19,20). The van der Waals surface area contributed by atoms with Crippen LogP contribution < -0.4 is 5.32 Å². The van der Waals surface area contributed by atoms with Crippen LogP contribution in [0, 0.1) is 0 Å². The number of carbonyl (C=O) groups is 1. The van der Waals surface area contributed by atoms with Gasteiger partial charge < -0.3 is 5.32 Å². The van der Waals surface area contributed by atoms with Crippen molar-refractivity contribution in [1.82, 2.24) is 0 Å². The molecule has 0 aromatic heterocycles. The Bertz CT molecular complexity index is 964. The molecule has 0 aliphatic rings. The number of hydrogen-bond acceptors (Lipinski definition) is 7. The topological polar surface area (TPSA) is 192 Å². The Morgan fingerprint density at radius 1 is 1.00 bits per heavy atom. The van der Waals surface area contributed by atoms with Gasteiger partial charge in [0.05, 0.1) is 5.02 Å². The van der Waals surface area contributed by atoms with Gasteiger partial charge in [-0.2, -0.15) is 25.3 Å². The van der Waals surface area contributed by atoms with E-state index in [1.54, 1.807) is 0 Å². The number of carbonyl (C=O) groups excluding carboxylic acids is 1. The van der Waals surface area contributed by atoms with E-state index < -0.39 is 62.5 Å². The summed E-state index contributed by atoms with van der Waals surface area (Å²) in [6.07, 6.45) is 0. The van der Waals surface area contributed by atoms with Gasteiger partial charge in [-0.15, -0.1) is 0 Å². The maximum atomic E-state index is 11.3. The second-order valence-electron chi connectivity index (χ2n) is 4.01. The third-order valence-electron chi connectivity index (χ3n) is 2.14. The molecule has 11 nitrogen and oxygen atoms in total. The van der Waals surface area contributed by atoms with Crippen molar-refractivity contribution in [2.45, 2.75) is 9.79 Å². The summed E-state index contributed by atoms with van der Waals surface area (Å²) in [5.74, 6) is -2.67. The highest BCUT2D eigenvalue weighted by Crippen LogP contribution is 2.32. The second-order valence-corrected chi connectivity index (χ2v) is 8.62. The Balaban J connectivity index is 3.47. The Labute approximate surface area is 135 Å². The van der Waals surface area contributed by atoms with E-state index >= 15 is 0 Å². The fourth-order valence-corrected chi connectivity index (χ4v) is 4.29. The van der Waals surface area contributed by atoms with Crippen LogP contribution in [0.25, 0.3) is 0 Å². The molecule has 4 N–H and O–H groups in total. The fourth-order valence-electron chi connectivity index (χ4n) is 1.45. The summed E-state index contributed by atoms with van der Waals surface area (Å²) in [6.45, 7) is 0. The molecule has 0 aliphatic carbocycles. The van der Waals surface area contributed by atoms with Crippen LogP contribution >= 0.6 is 11.6 Å². The van der Waals surface area contributed by atoms with E-state index in [1.165, 1.54) is 0 Å². The van der Waals surface area contributed by atoms with Crippen LogP contribution in [-0.2, 0) is 35.1 Å². The Morgan fingerprint density at radius 3 is 1.91 bits per heavy atom. The molecule has 23 heavy (non-hydrogen) atoms. The van der Waals surface area contributed by atoms with Gasteiger partial charge in [-0.25, -0.2) is 0 Å². The molecule has 1 aromatic rings. The van der Waals surface area contributed by atoms with E-state index in [0.717, 1.165) is 0 Å². The maximum Gasteiger partial charge on any atom is 0.297 e. The molecule has 0 bridgehead atoms. The predicted molar refractivity (Wildman–Crippen MR) is 76.1 cm³/mol. The van der Waals surface area contributed by atoms with Gasteiger partial charge in [0.15, 0.2) is 5.75 Å². The van der Waals surface area contributed by atoms with Crippen LogP contribution in [0.3, 0.4) is 0 Å². The molecule has 0 atom stereocenters. The molecule has 0 spiro atoms. The highest BCUT2D eigenvalue weighted by Gasteiger charge is 2.28. The zero-order valence-corrected chi connectivity index (χ0v) is 13.9. The molecule has 15 heteroatoms. The third kappa shape index (κ3) is 5.69. The summed E-state index contributed by atoms with van der Waals surface area (Å²) in [5, 5.41) is 0.945. The average molecular weight is 410 g/mol. The molecule has 0 fully saturated rings. The van der Waals surface area contributed by atoms with Crippen molar-refractivity contribution in [1.29, 1.82) is 0 Å². The molecule has 0 saturated heterocycles. The van der Waals surface area contributed by atoms with Crippen molar-refractivity contribution < 1.29 is 43.7 Å². The van der Waals surface area contributed by atoms with Gasteiger partial charge in [0.1, 0.15) is 9.79 Å². The van der Waals surface area contributed by atoms with E-state index in [9.17, 15) is 30.0 Å². The third-order valence-corrected chi connectivity index (χ3v) is 5.14. The van der Waals surface area contributed by atoms with E-state index in [2.05, 4.69) is 0 Å². The first-order chi connectivity index (χ1) is 10.1. The van der Waals surface area contributed by atoms with Gasteiger partial charge in [0.2, 0.25) is 5.91 Å². The van der Waals surface area contributed by atoms with Gasteiger partial charge in [0, 0.05) is 5.69 Å². The number of benzene rings is 1. The largest absolute Gasteiger partial charge is 0.325 e. The van der Waals surface area contributed by atoms with Crippen molar-refractivity contribution >= 4 is 53.5 Å². The van der Waals surface area contributed by atoms with E-state index in [-0.39, 0.29) is 0 Å². The van der Waals surface area contributed by atoms with Crippen molar-refractivity contribution in [2.75, 3.05) is 11.1 Å². The molecule has 1 aromatic carbocycles. The summed E-state index contributed by atoms with van der Waals surface area (Å²) in [6, 6.07) is 1.10. The van der Waals surface area contributed by atoms with Crippen LogP contribution in [0.4, 0.5) is 5.69 Å². The normalized spacial score (nSPS) is 12.9. The summed E-state index contributed by atoms with van der Waals surface area (Å²) in [7, 11) is -15.0. The lowest BCUT2D eigenvalue weighted by molar-refractivity contribution is -0.113. The van der Waals surface area contributed by atoms with Crippen LogP contribution in [-0.4, -0.2) is 50.6 Å². The minimum atomic E-state index is -5.18. The zero-order valence-electron chi connectivity index (χ0n) is 10.7.